The maximum Gasteiger partial charge on any atom is 0.407 e. The van der Waals surface area contributed by atoms with Crippen LogP contribution in [0.3, 0.4) is 0 Å². The van der Waals surface area contributed by atoms with E-state index >= 15 is 0 Å². The first-order valence-corrected chi connectivity index (χ1v) is 8.70. The molecule has 0 bridgehead atoms. The smallest absolute Gasteiger partial charge is 0.407 e. The minimum absolute atomic E-state index is 0.164. The number of esters is 1. The van der Waals surface area contributed by atoms with Gasteiger partial charge in [0.25, 0.3) is 0 Å². The molecule has 6 heteroatoms. The van der Waals surface area contributed by atoms with Crippen LogP contribution in [0.1, 0.15) is 52.0 Å². The average molecular weight is 348 g/mol. The summed E-state index contributed by atoms with van der Waals surface area (Å²) in [6, 6.07) is 8.93. The lowest BCUT2D eigenvalue weighted by atomic mass is 9.78. The monoisotopic (exact) mass is 348 g/mol. The Morgan fingerprint density at radius 2 is 1.92 bits per heavy atom. The van der Waals surface area contributed by atoms with Crippen LogP contribution in [0.2, 0.25) is 0 Å². The van der Waals surface area contributed by atoms with Gasteiger partial charge in [-0.05, 0) is 39.2 Å². The van der Waals surface area contributed by atoms with Gasteiger partial charge in [0.05, 0.1) is 6.04 Å². The number of hydrogen-bond donors (Lipinski definition) is 2. The first-order valence-electron chi connectivity index (χ1n) is 8.70. The van der Waals surface area contributed by atoms with Crippen LogP contribution in [0.25, 0.3) is 0 Å². The van der Waals surface area contributed by atoms with Crippen molar-refractivity contribution in [3.63, 3.8) is 0 Å². The molecule has 1 aromatic carbocycles. The summed E-state index contributed by atoms with van der Waals surface area (Å²) in [5.41, 5.74) is 5.43. The molecule has 0 radical (unpaired) electrons. The Morgan fingerprint density at radius 3 is 2.56 bits per heavy atom. The summed E-state index contributed by atoms with van der Waals surface area (Å²) in [5, 5.41) is 2.76. The number of carbonyl (C=O) groups excluding carboxylic acids is 2. The summed E-state index contributed by atoms with van der Waals surface area (Å²) in [5.74, 6) is -0.489. The van der Waals surface area contributed by atoms with Gasteiger partial charge in [-0.2, -0.15) is 0 Å². The average Bonchev–Trinajstić information content (AvgIpc) is 2.54. The van der Waals surface area contributed by atoms with E-state index in [0.29, 0.717) is 12.8 Å². The normalized spacial score (nSPS) is 23.6. The molecule has 0 aromatic heterocycles. The third kappa shape index (κ3) is 5.46. The van der Waals surface area contributed by atoms with Crippen LogP contribution in [0.15, 0.2) is 30.3 Å². The molecule has 25 heavy (non-hydrogen) atoms. The molecule has 138 valence electrons. The minimum atomic E-state index is -1.23. The Morgan fingerprint density at radius 1 is 1.24 bits per heavy atom. The van der Waals surface area contributed by atoms with Crippen molar-refractivity contribution in [1.29, 1.82) is 0 Å². The van der Waals surface area contributed by atoms with Crippen LogP contribution >= 0.6 is 0 Å². The molecule has 0 heterocycles. The van der Waals surface area contributed by atoms with E-state index in [1.54, 1.807) is 20.8 Å². The minimum Gasteiger partial charge on any atom is -0.459 e. The van der Waals surface area contributed by atoms with Gasteiger partial charge in [-0.15, -0.1) is 0 Å². The van der Waals surface area contributed by atoms with E-state index in [-0.39, 0.29) is 6.61 Å². The SMILES string of the molecule is CC(C)(C)OC(=O)NC1CCCCC1(N)C(=O)OCc1ccccc1. The van der Waals surface area contributed by atoms with E-state index < -0.39 is 29.2 Å². The van der Waals surface area contributed by atoms with E-state index in [0.717, 1.165) is 18.4 Å². The zero-order valence-electron chi connectivity index (χ0n) is 15.2. The molecular formula is C19H28N2O4. The summed E-state index contributed by atoms with van der Waals surface area (Å²) in [4.78, 5) is 24.7. The van der Waals surface area contributed by atoms with Crippen molar-refractivity contribution >= 4 is 12.1 Å². The van der Waals surface area contributed by atoms with Gasteiger partial charge in [0, 0.05) is 0 Å². The molecule has 1 saturated carbocycles. The van der Waals surface area contributed by atoms with Crippen molar-refractivity contribution < 1.29 is 19.1 Å². The predicted octanol–water partition coefficient (Wildman–Crippen LogP) is 2.89. The third-order valence-corrected chi connectivity index (χ3v) is 4.24. The molecule has 2 rings (SSSR count). The fourth-order valence-electron chi connectivity index (χ4n) is 2.95. The molecule has 1 fully saturated rings. The summed E-state index contributed by atoms with van der Waals surface area (Å²) in [6.07, 6.45) is 2.25. The topological polar surface area (TPSA) is 90.6 Å². The molecule has 1 aromatic rings. The fraction of sp³-hybridized carbons (Fsp3) is 0.579. The van der Waals surface area contributed by atoms with Gasteiger partial charge in [0.2, 0.25) is 0 Å². The second kappa shape index (κ2) is 7.87. The summed E-state index contributed by atoms with van der Waals surface area (Å²) in [7, 11) is 0. The predicted molar refractivity (Wildman–Crippen MR) is 94.8 cm³/mol. The molecular weight excluding hydrogens is 320 g/mol. The molecule has 0 saturated heterocycles. The molecule has 1 aliphatic rings. The maximum atomic E-state index is 12.6. The van der Waals surface area contributed by atoms with Crippen LogP contribution in [-0.4, -0.2) is 29.2 Å². The largest absolute Gasteiger partial charge is 0.459 e. The summed E-state index contributed by atoms with van der Waals surface area (Å²) in [6.45, 7) is 5.53. The summed E-state index contributed by atoms with van der Waals surface area (Å²) >= 11 is 0. The van der Waals surface area contributed by atoms with Crippen LogP contribution < -0.4 is 11.1 Å². The third-order valence-electron chi connectivity index (χ3n) is 4.24. The molecule has 2 atom stereocenters. The van der Waals surface area contributed by atoms with E-state index in [1.165, 1.54) is 0 Å². The lowest BCUT2D eigenvalue weighted by Gasteiger charge is -2.39. The number of carbonyl (C=O) groups is 2. The number of hydrogen-bond acceptors (Lipinski definition) is 5. The highest BCUT2D eigenvalue weighted by atomic mass is 16.6. The second-order valence-corrected chi connectivity index (χ2v) is 7.55. The Kier molecular flexibility index (Phi) is 6.06. The maximum absolute atomic E-state index is 12.6. The van der Waals surface area contributed by atoms with Gasteiger partial charge in [-0.25, -0.2) is 9.59 Å². The van der Waals surface area contributed by atoms with Crippen molar-refractivity contribution in [2.75, 3.05) is 0 Å². The number of alkyl carbamates (subject to hydrolysis) is 1. The van der Waals surface area contributed by atoms with Gasteiger partial charge in [-0.3, -0.25) is 0 Å². The molecule has 6 nitrogen and oxygen atoms in total. The van der Waals surface area contributed by atoms with Crippen molar-refractivity contribution in [3.05, 3.63) is 35.9 Å². The second-order valence-electron chi connectivity index (χ2n) is 7.55. The van der Waals surface area contributed by atoms with Crippen molar-refractivity contribution in [1.82, 2.24) is 5.32 Å². The highest BCUT2D eigenvalue weighted by molar-refractivity contribution is 5.83. The van der Waals surface area contributed by atoms with Gasteiger partial charge in [0.1, 0.15) is 17.7 Å². The van der Waals surface area contributed by atoms with Gasteiger partial charge < -0.3 is 20.5 Å². The standard InChI is InChI=1S/C19H28N2O4/c1-18(2,3)25-17(23)21-15-11-7-8-12-19(15,20)16(22)24-13-14-9-5-4-6-10-14/h4-6,9-10,15H,7-8,11-13,20H2,1-3H3,(H,21,23). The first kappa shape index (κ1) is 19.2. The van der Waals surface area contributed by atoms with Crippen molar-refractivity contribution in [2.24, 2.45) is 5.73 Å². The number of amides is 1. The van der Waals surface area contributed by atoms with Gasteiger partial charge >= 0.3 is 12.1 Å². The molecule has 1 aliphatic carbocycles. The number of benzene rings is 1. The fourth-order valence-corrected chi connectivity index (χ4v) is 2.95. The lowest BCUT2D eigenvalue weighted by molar-refractivity contribution is -0.154. The van der Waals surface area contributed by atoms with Crippen LogP contribution in [0.4, 0.5) is 4.79 Å². The highest BCUT2D eigenvalue weighted by Crippen LogP contribution is 2.28. The Hall–Kier alpha value is -2.08. The molecule has 1 amide bonds. The first-order chi connectivity index (χ1) is 11.7. The van der Waals surface area contributed by atoms with E-state index in [9.17, 15) is 9.59 Å². The Labute approximate surface area is 149 Å². The zero-order valence-corrected chi connectivity index (χ0v) is 15.2. The van der Waals surface area contributed by atoms with E-state index in [2.05, 4.69) is 5.32 Å². The summed E-state index contributed by atoms with van der Waals surface area (Å²) < 4.78 is 10.7. The Balaban J connectivity index is 2.01. The number of nitrogens with two attached hydrogens (primary N) is 1. The number of nitrogens with one attached hydrogen (secondary N) is 1. The van der Waals surface area contributed by atoms with Crippen LogP contribution in [0.5, 0.6) is 0 Å². The van der Waals surface area contributed by atoms with Gasteiger partial charge in [-0.1, -0.05) is 43.2 Å². The van der Waals surface area contributed by atoms with Crippen molar-refractivity contribution in [3.8, 4) is 0 Å². The zero-order chi connectivity index (χ0) is 18.5. The number of ether oxygens (including phenoxy) is 2. The highest BCUT2D eigenvalue weighted by Gasteiger charge is 2.46. The number of rotatable bonds is 4. The molecule has 0 aliphatic heterocycles. The molecule has 3 N–H and O–H groups in total. The van der Waals surface area contributed by atoms with Crippen molar-refractivity contribution in [2.45, 2.75) is 70.2 Å². The quantitative estimate of drug-likeness (QED) is 0.817. The van der Waals surface area contributed by atoms with Crippen LogP contribution in [0, 0.1) is 0 Å². The van der Waals surface area contributed by atoms with E-state index in [4.69, 9.17) is 15.2 Å². The molecule has 2 unspecified atom stereocenters. The van der Waals surface area contributed by atoms with Crippen LogP contribution in [-0.2, 0) is 20.9 Å². The Bertz CT molecular complexity index is 597. The van der Waals surface area contributed by atoms with E-state index in [1.807, 2.05) is 30.3 Å². The molecule has 0 spiro atoms. The van der Waals surface area contributed by atoms with Gasteiger partial charge in [0.15, 0.2) is 0 Å². The lowest BCUT2D eigenvalue weighted by Crippen LogP contribution is -2.65.